The molecule has 0 saturated heterocycles. The summed E-state index contributed by atoms with van der Waals surface area (Å²) in [6.45, 7) is 6.69. The van der Waals surface area contributed by atoms with Gasteiger partial charge in [-0.15, -0.1) is 0 Å². The van der Waals surface area contributed by atoms with E-state index in [0.29, 0.717) is 5.92 Å². The normalized spacial score (nSPS) is 12.1. The zero-order chi connectivity index (χ0) is 16.2. The number of aryl methyl sites for hydroxylation is 1. The van der Waals surface area contributed by atoms with Gasteiger partial charge in [-0.05, 0) is 47.6 Å². The van der Waals surface area contributed by atoms with Crippen molar-refractivity contribution in [3.8, 4) is 22.4 Å². The first-order valence-electron chi connectivity index (χ1n) is 8.32. The van der Waals surface area contributed by atoms with Crippen molar-refractivity contribution in [1.82, 2.24) is 4.98 Å². The van der Waals surface area contributed by atoms with Gasteiger partial charge in [0.2, 0.25) is 0 Å². The van der Waals surface area contributed by atoms with Crippen LogP contribution in [-0.2, 0) is 0 Å². The predicted molar refractivity (Wildman–Crippen MR) is 98.6 cm³/mol. The van der Waals surface area contributed by atoms with E-state index in [4.69, 9.17) is 4.98 Å². The van der Waals surface area contributed by atoms with Gasteiger partial charge in [0.1, 0.15) is 0 Å². The molecule has 1 heteroatoms. The van der Waals surface area contributed by atoms with Crippen LogP contribution in [0.15, 0.2) is 66.9 Å². The lowest BCUT2D eigenvalue weighted by Gasteiger charge is -2.17. The van der Waals surface area contributed by atoms with Crippen molar-refractivity contribution in [2.45, 2.75) is 33.1 Å². The summed E-state index contributed by atoms with van der Waals surface area (Å²) < 4.78 is 0. The molecule has 1 unspecified atom stereocenters. The van der Waals surface area contributed by atoms with Crippen LogP contribution in [0.3, 0.4) is 0 Å². The van der Waals surface area contributed by atoms with Gasteiger partial charge in [0.25, 0.3) is 0 Å². The van der Waals surface area contributed by atoms with Crippen molar-refractivity contribution < 1.29 is 0 Å². The number of pyridine rings is 1. The number of hydrogen-bond donors (Lipinski definition) is 0. The molecule has 0 amide bonds. The maximum Gasteiger partial charge on any atom is 0.0708 e. The fraction of sp³-hybridized carbons (Fsp3) is 0.227. The predicted octanol–water partition coefficient (Wildman–Crippen LogP) is 6.24. The Balaban J connectivity index is 2.19. The highest BCUT2D eigenvalue weighted by Gasteiger charge is 2.14. The van der Waals surface area contributed by atoms with Crippen molar-refractivity contribution in [3.63, 3.8) is 0 Å². The van der Waals surface area contributed by atoms with E-state index in [9.17, 15) is 0 Å². The van der Waals surface area contributed by atoms with Gasteiger partial charge in [0.05, 0.1) is 5.69 Å². The van der Waals surface area contributed by atoms with Crippen LogP contribution in [0.5, 0.6) is 0 Å². The Kier molecular flexibility index (Phi) is 4.57. The third-order valence-electron chi connectivity index (χ3n) is 4.58. The molecule has 0 saturated carbocycles. The third-order valence-corrected chi connectivity index (χ3v) is 4.58. The van der Waals surface area contributed by atoms with Crippen LogP contribution in [0.1, 0.15) is 37.3 Å². The van der Waals surface area contributed by atoms with Gasteiger partial charge in [-0.1, -0.05) is 68.4 Å². The van der Waals surface area contributed by atoms with Crippen molar-refractivity contribution in [1.29, 1.82) is 0 Å². The Bertz CT molecular complexity index is 790. The van der Waals surface area contributed by atoms with Crippen molar-refractivity contribution in [2.75, 3.05) is 0 Å². The highest BCUT2D eigenvalue weighted by Crippen LogP contribution is 2.34. The molecule has 0 bridgehead atoms. The van der Waals surface area contributed by atoms with Crippen LogP contribution in [-0.4, -0.2) is 4.98 Å². The fourth-order valence-electron chi connectivity index (χ4n) is 2.95. The zero-order valence-electron chi connectivity index (χ0n) is 14.1. The van der Waals surface area contributed by atoms with Gasteiger partial charge in [0.15, 0.2) is 0 Å². The number of aromatic nitrogens is 1. The van der Waals surface area contributed by atoms with E-state index in [1.54, 1.807) is 0 Å². The number of hydrogen-bond acceptors (Lipinski definition) is 1. The molecule has 0 N–H and O–H groups in total. The zero-order valence-corrected chi connectivity index (χ0v) is 14.1. The summed E-state index contributed by atoms with van der Waals surface area (Å²) in [4.78, 5) is 4.73. The number of rotatable bonds is 4. The molecule has 116 valence electrons. The van der Waals surface area contributed by atoms with E-state index in [2.05, 4.69) is 81.6 Å². The Hall–Kier alpha value is -2.41. The summed E-state index contributed by atoms with van der Waals surface area (Å²) in [5.74, 6) is 0.502. The molecule has 2 aromatic carbocycles. The summed E-state index contributed by atoms with van der Waals surface area (Å²) in [6, 6.07) is 21.3. The highest BCUT2D eigenvalue weighted by molar-refractivity contribution is 5.75. The average molecular weight is 301 g/mol. The van der Waals surface area contributed by atoms with Crippen LogP contribution in [0, 0.1) is 6.92 Å². The minimum absolute atomic E-state index is 0.502. The highest BCUT2D eigenvalue weighted by atomic mass is 14.7. The fourth-order valence-corrected chi connectivity index (χ4v) is 2.95. The molecule has 0 radical (unpaired) electrons. The van der Waals surface area contributed by atoms with Gasteiger partial charge in [-0.3, -0.25) is 4.98 Å². The van der Waals surface area contributed by atoms with Crippen molar-refractivity contribution >= 4 is 0 Å². The molecule has 1 aromatic heterocycles. The molecule has 0 fully saturated rings. The van der Waals surface area contributed by atoms with Gasteiger partial charge in [-0.25, -0.2) is 0 Å². The van der Waals surface area contributed by atoms with E-state index in [0.717, 1.165) is 17.7 Å². The quantitative estimate of drug-likeness (QED) is 0.556. The summed E-state index contributed by atoms with van der Waals surface area (Å²) in [6.07, 6.45) is 3.18. The first kappa shape index (κ1) is 15.5. The summed E-state index contributed by atoms with van der Waals surface area (Å²) in [5.41, 5.74) is 7.46. The lowest BCUT2D eigenvalue weighted by molar-refractivity contribution is 0.731. The molecule has 23 heavy (non-hydrogen) atoms. The van der Waals surface area contributed by atoms with Crippen molar-refractivity contribution in [3.05, 3.63) is 78.0 Å². The van der Waals surface area contributed by atoms with E-state index in [-0.39, 0.29) is 0 Å². The van der Waals surface area contributed by atoms with Gasteiger partial charge in [0, 0.05) is 11.8 Å². The summed E-state index contributed by atoms with van der Waals surface area (Å²) >= 11 is 0. The second kappa shape index (κ2) is 6.78. The minimum Gasteiger partial charge on any atom is -0.256 e. The van der Waals surface area contributed by atoms with E-state index < -0.39 is 0 Å². The summed E-state index contributed by atoms with van der Waals surface area (Å²) in [7, 11) is 0. The maximum atomic E-state index is 4.73. The average Bonchev–Trinajstić information content (AvgIpc) is 2.62. The molecule has 0 aliphatic carbocycles. The van der Waals surface area contributed by atoms with Crippen LogP contribution < -0.4 is 0 Å². The first-order valence-corrected chi connectivity index (χ1v) is 8.32. The second-order valence-corrected chi connectivity index (χ2v) is 6.15. The molecule has 3 rings (SSSR count). The van der Waals surface area contributed by atoms with Crippen LogP contribution in [0.4, 0.5) is 0 Å². The molecular formula is C22H23N. The molecule has 3 aromatic rings. The molecule has 0 aliphatic heterocycles. The van der Waals surface area contributed by atoms with Gasteiger partial charge >= 0.3 is 0 Å². The van der Waals surface area contributed by atoms with Crippen LogP contribution in [0.2, 0.25) is 0 Å². The van der Waals surface area contributed by atoms with E-state index in [1.807, 2.05) is 6.07 Å². The molecule has 1 heterocycles. The Labute approximate surface area is 139 Å². The van der Waals surface area contributed by atoms with Crippen LogP contribution >= 0.6 is 0 Å². The third kappa shape index (κ3) is 3.19. The lowest BCUT2D eigenvalue weighted by Crippen LogP contribution is -1.99. The lowest BCUT2D eigenvalue weighted by atomic mass is 9.89. The topological polar surface area (TPSA) is 12.9 Å². The molecule has 1 atom stereocenters. The largest absolute Gasteiger partial charge is 0.256 e. The molecule has 1 nitrogen and oxygen atoms in total. The molecular weight excluding hydrogens is 278 g/mol. The van der Waals surface area contributed by atoms with E-state index >= 15 is 0 Å². The van der Waals surface area contributed by atoms with E-state index in [1.165, 1.54) is 22.3 Å². The smallest absolute Gasteiger partial charge is 0.0708 e. The Morgan fingerprint density at radius 2 is 1.61 bits per heavy atom. The Morgan fingerprint density at radius 3 is 2.30 bits per heavy atom. The second-order valence-electron chi connectivity index (χ2n) is 6.15. The molecule has 0 spiro atoms. The molecule has 0 aliphatic rings. The monoisotopic (exact) mass is 301 g/mol. The van der Waals surface area contributed by atoms with Crippen molar-refractivity contribution in [2.24, 2.45) is 0 Å². The Morgan fingerprint density at radius 1 is 0.913 bits per heavy atom. The maximum absolute atomic E-state index is 4.73. The van der Waals surface area contributed by atoms with Gasteiger partial charge in [-0.2, -0.15) is 0 Å². The first-order chi connectivity index (χ1) is 11.2. The standard InChI is InChI=1S/C22H23N/c1-4-16(2)21-15-23-22(18-11-6-5-7-12-18)14-20(21)19-13-9-8-10-17(19)3/h5-16H,4H2,1-3H3. The number of benzene rings is 2. The van der Waals surface area contributed by atoms with Crippen LogP contribution in [0.25, 0.3) is 22.4 Å². The van der Waals surface area contributed by atoms with Gasteiger partial charge < -0.3 is 0 Å². The minimum atomic E-state index is 0.502. The number of nitrogens with zero attached hydrogens (tertiary/aromatic N) is 1. The SMILES string of the molecule is CCC(C)c1cnc(-c2ccccc2)cc1-c1ccccc1C. The summed E-state index contributed by atoms with van der Waals surface area (Å²) in [5, 5.41) is 0.